The van der Waals surface area contributed by atoms with Crippen molar-refractivity contribution in [2.45, 2.75) is 27.8 Å². The van der Waals surface area contributed by atoms with Crippen molar-refractivity contribution in [2.24, 2.45) is 0 Å². The van der Waals surface area contributed by atoms with Gasteiger partial charge in [-0.3, -0.25) is 10.6 Å². The third-order valence-electron chi connectivity index (χ3n) is 2.92. The zero-order valence-corrected chi connectivity index (χ0v) is 12.9. The Labute approximate surface area is 130 Å². The maximum Gasteiger partial charge on any atom is 0.341 e. The average Bonchev–Trinajstić information content (AvgIpc) is 2.43. The summed E-state index contributed by atoms with van der Waals surface area (Å²) >= 11 is 11.9. The van der Waals surface area contributed by atoms with Gasteiger partial charge in [-0.25, -0.2) is 8.42 Å². The quantitative estimate of drug-likeness (QED) is 0.564. The summed E-state index contributed by atoms with van der Waals surface area (Å²) in [6.45, 7) is 0.379. The second kappa shape index (κ2) is 6.62. The zero-order chi connectivity index (χ0) is 15.6. The monoisotopic (exact) mass is 359 g/mol. The molecule has 1 aromatic carbocycles. The fourth-order valence-corrected chi connectivity index (χ4v) is 3.23. The molecule has 2 rings (SSSR count). The molecule has 1 aliphatic rings. The number of hydrogen-bond acceptors (Lipinski definition) is 5. The van der Waals surface area contributed by atoms with Crippen LogP contribution in [0.3, 0.4) is 0 Å². The minimum atomic E-state index is -4.70. The Bertz CT molecular complexity index is 603. The predicted molar refractivity (Wildman–Crippen MR) is 77.5 cm³/mol. The average molecular weight is 360 g/mol. The molecule has 0 bridgehead atoms. The molecule has 3 unspecified atom stereocenters. The summed E-state index contributed by atoms with van der Waals surface area (Å²) in [5.74, 6) is -3.49. The summed E-state index contributed by atoms with van der Waals surface area (Å²) in [5.41, 5.74) is -0.511. The molecular formula is C11H13Cl2F2N3O2S. The van der Waals surface area contributed by atoms with Gasteiger partial charge in [-0.15, -0.1) is 11.6 Å². The molecule has 0 radical (unpaired) electrons. The molecule has 1 aliphatic heterocycles. The number of nitrogens with one attached hydrogen (secondary N) is 3. The highest BCUT2D eigenvalue weighted by molar-refractivity contribution is 7.91. The van der Waals surface area contributed by atoms with E-state index in [0.29, 0.717) is 6.54 Å². The number of benzene rings is 1. The summed E-state index contributed by atoms with van der Waals surface area (Å²) in [6.07, 6.45) is -0.565. The van der Waals surface area contributed by atoms with Crippen LogP contribution in [0.15, 0.2) is 29.2 Å². The molecule has 3 N–H and O–H groups in total. The van der Waals surface area contributed by atoms with E-state index in [1.165, 1.54) is 18.2 Å². The molecule has 0 aliphatic carbocycles. The van der Waals surface area contributed by atoms with Gasteiger partial charge in [0, 0.05) is 6.54 Å². The number of anilines is 1. The Hall–Kier alpha value is -0.670. The van der Waals surface area contributed by atoms with Crippen molar-refractivity contribution >= 4 is 38.7 Å². The summed E-state index contributed by atoms with van der Waals surface area (Å²) in [6, 6.07) is 5.42. The lowest BCUT2D eigenvalue weighted by molar-refractivity contribution is 0.235. The van der Waals surface area contributed by atoms with E-state index in [9.17, 15) is 17.2 Å². The Morgan fingerprint density at radius 1 is 1.29 bits per heavy atom. The first-order chi connectivity index (χ1) is 9.82. The molecule has 5 nitrogen and oxygen atoms in total. The second-order valence-electron chi connectivity index (χ2n) is 4.38. The number of alkyl halides is 4. The van der Waals surface area contributed by atoms with Crippen LogP contribution >= 0.6 is 23.2 Å². The predicted octanol–water partition coefficient (Wildman–Crippen LogP) is 1.74. The van der Waals surface area contributed by atoms with Crippen LogP contribution in [-0.2, 0) is 9.84 Å². The molecule has 1 aromatic rings. The van der Waals surface area contributed by atoms with Gasteiger partial charge in [0.2, 0.25) is 9.84 Å². The lowest BCUT2D eigenvalue weighted by Crippen LogP contribution is -2.60. The largest absolute Gasteiger partial charge is 0.367 e. The molecule has 0 saturated carbocycles. The third-order valence-corrected chi connectivity index (χ3v) is 5.04. The van der Waals surface area contributed by atoms with Gasteiger partial charge in [0.05, 0.1) is 22.1 Å². The highest BCUT2D eigenvalue weighted by atomic mass is 35.5. The van der Waals surface area contributed by atoms with Crippen molar-refractivity contribution in [3.8, 4) is 0 Å². The van der Waals surface area contributed by atoms with E-state index in [0.717, 1.165) is 6.07 Å². The van der Waals surface area contributed by atoms with Gasteiger partial charge in [-0.1, -0.05) is 23.7 Å². The topological polar surface area (TPSA) is 70.2 Å². The van der Waals surface area contributed by atoms with Crippen molar-refractivity contribution < 1.29 is 17.2 Å². The van der Waals surface area contributed by atoms with E-state index in [2.05, 4.69) is 16.0 Å². The van der Waals surface area contributed by atoms with Crippen LogP contribution in [0.25, 0.3) is 0 Å². The van der Waals surface area contributed by atoms with E-state index < -0.39 is 37.7 Å². The zero-order valence-electron chi connectivity index (χ0n) is 10.6. The highest BCUT2D eigenvalue weighted by Gasteiger charge is 2.32. The van der Waals surface area contributed by atoms with Gasteiger partial charge in [-0.05, 0) is 12.1 Å². The van der Waals surface area contributed by atoms with E-state index in [4.69, 9.17) is 23.2 Å². The van der Waals surface area contributed by atoms with Crippen molar-refractivity contribution in [1.82, 2.24) is 10.6 Å². The molecule has 0 aromatic heterocycles. The van der Waals surface area contributed by atoms with Gasteiger partial charge in [-0.2, -0.15) is 8.78 Å². The summed E-state index contributed by atoms with van der Waals surface area (Å²) in [5, 5.41) is 8.07. The second-order valence-corrected chi connectivity index (χ2v) is 7.26. The summed E-state index contributed by atoms with van der Waals surface area (Å²) in [4.78, 5) is -0.477. The van der Waals surface area contributed by atoms with Gasteiger partial charge in [0.15, 0.2) is 0 Å². The van der Waals surface area contributed by atoms with E-state index in [1.807, 2.05) is 0 Å². The molecule has 10 heteroatoms. The number of sulfone groups is 1. The van der Waals surface area contributed by atoms with Crippen LogP contribution in [0, 0.1) is 0 Å². The van der Waals surface area contributed by atoms with Crippen LogP contribution in [-0.4, -0.2) is 37.9 Å². The van der Waals surface area contributed by atoms with Gasteiger partial charge < -0.3 is 5.32 Å². The summed E-state index contributed by atoms with van der Waals surface area (Å²) < 4.78 is 48.7. The van der Waals surface area contributed by atoms with Gasteiger partial charge in [0.1, 0.15) is 5.62 Å². The third kappa shape index (κ3) is 3.75. The van der Waals surface area contributed by atoms with Crippen LogP contribution in [0.2, 0.25) is 0 Å². The fourth-order valence-electron chi connectivity index (χ4n) is 1.88. The summed E-state index contributed by atoms with van der Waals surface area (Å²) in [7, 11) is -4.70. The van der Waals surface area contributed by atoms with Crippen LogP contribution < -0.4 is 16.0 Å². The van der Waals surface area contributed by atoms with Crippen molar-refractivity contribution in [3.63, 3.8) is 0 Å². The molecule has 0 spiro atoms. The first-order valence-corrected chi connectivity index (χ1v) is 8.39. The smallest absolute Gasteiger partial charge is 0.341 e. The molecule has 118 valence electrons. The Morgan fingerprint density at radius 3 is 2.62 bits per heavy atom. The van der Waals surface area contributed by atoms with Gasteiger partial charge in [0.25, 0.3) is 0 Å². The lowest BCUT2D eigenvalue weighted by atomic mass is 10.2. The first-order valence-electron chi connectivity index (χ1n) is 5.97. The van der Waals surface area contributed by atoms with Gasteiger partial charge >= 0.3 is 5.76 Å². The fraction of sp³-hybridized carbons (Fsp3) is 0.455. The number of para-hydroxylation sites is 1. The van der Waals surface area contributed by atoms with E-state index >= 15 is 0 Å². The molecule has 3 atom stereocenters. The van der Waals surface area contributed by atoms with Crippen molar-refractivity contribution in [1.29, 1.82) is 0 Å². The number of hydrogen-bond donors (Lipinski definition) is 3. The van der Waals surface area contributed by atoms with Crippen LogP contribution in [0.4, 0.5) is 14.5 Å². The van der Waals surface area contributed by atoms with Crippen molar-refractivity contribution in [3.05, 3.63) is 24.3 Å². The lowest BCUT2D eigenvalue weighted by Gasteiger charge is -2.34. The molecule has 1 fully saturated rings. The Morgan fingerprint density at radius 2 is 1.95 bits per heavy atom. The van der Waals surface area contributed by atoms with Crippen molar-refractivity contribution in [2.75, 3.05) is 11.9 Å². The van der Waals surface area contributed by atoms with Crippen LogP contribution in [0.5, 0.6) is 0 Å². The molecule has 1 heterocycles. The van der Waals surface area contributed by atoms with E-state index in [-0.39, 0.29) is 5.69 Å². The standard InChI is InChI=1S/C11H13Cl2F2N3O2S/c12-6-5-16-10(13)18-9(6)17-7-3-1-2-4-8(7)21(19,20)11(14)15/h1-4,6,9-11,16-18H,5H2. The molecule has 1 saturated heterocycles. The molecular weight excluding hydrogens is 347 g/mol. The number of halogens is 4. The number of rotatable bonds is 4. The minimum Gasteiger partial charge on any atom is -0.367 e. The maximum absolute atomic E-state index is 12.7. The van der Waals surface area contributed by atoms with E-state index in [1.54, 1.807) is 0 Å². The van der Waals surface area contributed by atoms with Crippen LogP contribution in [0.1, 0.15) is 0 Å². The molecule has 21 heavy (non-hydrogen) atoms. The highest BCUT2D eigenvalue weighted by Crippen LogP contribution is 2.27. The molecule has 0 amide bonds. The first kappa shape index (κ1) is 16.7. The maximum atomic E-state index is 12.7. The minimum absolute atomic E-state index is 0.0479. The SMILES string of the molecule is O=S(=O)(c1ccccc1NC1NC(Cl)NCC1Cl)C(F)F. The Balaban J connectivity index is 2.29. The Kier molecular flexibility index (Phi) is 5.26. The normalized spacial score (nSPS) is 26.8.